The average Bonchev–Trinajstić information content (AvgIpc) is 3.23. The molecule has 1 saturated heterocycles. The Morgan fingerprint density at radius 3 is 2.65 bits per heavy atom. The van der Waals surface area contributed by atoms with Gasteiger partial charge >= 0.3 is 0 Å². The quantitative estimate of drug-likeness (QED) is 0.809. The van der Waals surface area contributed by atoms with Crippen LogP contribution in [-0.4, -0.2) is 47.3 Å². The summed E-state index contributed by atoms with van der Waals surface area (Å²) in [6.45, 7) is 4.91. The monoisotopic (exact) mass is 233 g/mol. The molecule has 1 aromatic rings. The lowest BCUT2D eigenvalue weighted by atomic mass is 10.2. The number of hydrogen-bond donors (Lipinski definition) is 1. The van der Waals surface area contributed by atoms with Crippen LogP contribution in [0.15, 0.2) is 12.3 Å². The van der Waals surface area contributed by atoms with Crippen molar-refractivity contribution >= 4 is 5.82 Å². The molecule has 5 heteroatoms. The fraction of sp³-hybridized carbons (Fsp3) is 0.667. The molecule has 0 radical (unpaired) electrons. The van der Waals surface area contributed by atoms with E-state index in [4.69, 9.17) is 5.73 Å². The predicted octanol–water partition coefficient (Wildman–Crippen LogP) is 0.220. The summed E-state index contributed by atoms with van der Waals surface area (Å²) >= 11 is 0. The van der Waals surface area contributed by atoms with E-state index in [1.165, 1.54) is 12.8 Å². The van der Waals surface area contributed by atoms with E-state index in [0.717, 1.165) is 43.6 Å². The lowest BCUT2D eigenvalue weighted by molar-refractivity contribution is 0.247. The summed E-state index contributed by atoms with van der Waals surface area (Å²) in [5.41, 5.74) is 6.84. The molecule has 0 unspecified atom stereocenters. The van der Waals surface area contributed by atoms with Gasteiger partial charge in [0.2, 0.25) is 0 Å². The van der Waals surface area contributed by atoms with Gasteiger partial charge in [-0.3, -0.25) is 4.90 Å². The molecule has 0 amide bonds. The van der Waals surface area contributed by atoms with E-state index in [1.807, 2.05) is 6.07 Å². The molecule has 92 valence electrons. The van der Waals surface area contributed by atoms with Crippen molar-refractivity contribution in [1.29, 1.82) is 0 Å². The molecular weight excluding hydrogens is 214 g/mol. The van der Waals surface area contributed by atoms with Crippen LogP contribution in [0.25, 0.3) is 0 Å². The molecular formula is C12H19N5. The third-order valence-electron chi connectivity index (χ3n) is 3.68. The molecule has 1 aliphatic heterocycles. The third kappa shape index (κ3) is 2.25. The summed E-state index contributed by atoms with van der Waals surface area (Å²) in [5, 5.41) is 8.21. The van der Waals surface area contributed by atoms with E-state index < -0.39 is 0 Å². The minimum Gasteiger partial charge on any atom is -0.352 e. The number of nitrogens with two attached hydrogens (primary N) is 1. The number of rotatable bonds is 3. The van der Waals surface area contributed by atoms with Crippen LogP contribution in [0.4, 0.5) is 5.82 Å². The highest BCUT2D eigenvalue weighted by atomic mass is 15.3. The zero-order valence-corrected chi connectivity index (χ0v) is 10.0. The Bertz CT molecular complexity index is 382. The number of aromatic nitrogens is 2. The van der Waals surface area contributed by atoms with Crippen molar-refractivity contribution in [1.82, 2.24) is 15.1 Å². The molecule has 0 atom stereocenters. The zero-order valence-electron chi connectivity index (χ0n) is 10.0. The second-order valence-corrected chi connectivity index (χ2v) is 4.84. The van der Waals surface area contributed by atoms with Crippen LogP contribution in [0.2, 0.25) is 0 Å². The van der Waals surface area contributed by atoms with Crippen molar-refractivity contribution in [3.8, 4) is 0 Å². The second kappa shape index (κ2) is 4.58. The zero-order chi connectivity index (χ0) is 11.7. The summed E-state index contributed by atoms with van der Waals surface area (Å²) in [5.74, 6) is 0.977. The predicted molar refractivity (Wildman–Crippen MR) is 66.7 cm³/mol. The number of nitrogens with zero attached hydrogens (tertiary/aromatic N) is 4. The van der Waals surface area contributed by atoms with Crippen LogP contribution in [0.3, 0.4) is 0 Å². The molecule has 1 aliphatic carbocycles. The largest absolute Gasteiger partial charge is 0.352 e. The van der Waals surface area contributed by atoms with Gasteiger partial charge in [-0.05, 0) is 18.9 Å². The van der Waals surface area contributed by atoms with Crippen molar-refractivity contribution in [2.24, 2.45) is 5.73 Å². The Labute approximate surface area is 102 Å². The maximum Gasteiger partial charge on any atom is 0.155 e. The van der Waals surface area contributed by atoms with E-state index >= 15 is 0 Å². The highest BCUT2D eigenvalue weighted by Crippen LogP contribution is 2.28. The molecule has 0 aromatic carbocycles. The maximum atomic E-state index is 5.74. The van der Waals surface area contributed by atoms with Gasteiger partial charge in [0.05, 0.1) is 6.20 Å². The van der Waals surface area contributed by atoms with Crippen LogP contribution in [0.5, 0.6) is 0 Å². The van der Waals surface area contributed by atoms with Gasteiger partial charge in [-0.1, -0.05) is 0 Å². The molecule has 17 heavy (non-hydrogen) atoms. The summed E-state index contributed by atoms with van der Waals surface area (Å²) < 4.78 is 0. The molecule has 3 rings (SSSR count). The van der Waals surface area contributed by atoms with Crippen LogP contribution in [-0.2, 0) is 6.54 Å². The van der Waals surface area contributed by atoms with Crippen molar-refractivity contribution in [3.05, 3.63) is 17.8 Å². The fourth-order valence-corrected chi connectivity index (χ4v) is 2.51. The van der Waals surface area contributed by atoms with E-state index in [-0.39, 0.29) is 0 Å². The van der Waals surface area contributed by atoms with Crippen LogP contribution in [0, 0.1) is 0 Å². The number of piperazine rings is 1. The normalized spacial score (nSPS) is 21.8. The molecule has 2 N–H and O–H groups in total. The minimum atomic E-state index is 0.535. The summed E-state index contributed by atoms with van der Waals surface area (Å²) in [7, 11) is 0. The first kappa shape index (κ1) is 10.9. The third-order valence-corrected chi connectivity index (χ3v) is 3.68. The minimum absolute atomic E-state index is 0.535. The van der Waals surface area contributed by atoms with Crippen molar-refractivity contribution in [3.63, 3.8) is 0 Å². The van der Waals surface area contributed by atoms with Crippen LogP contribution in [0.1, 0.15) is 18.4 Å². The van der Waals surface area contributed by atoms with E-state index in [9.17, 15) is 0 Å². The van der Waals surface area contributed by atoms with Gasteiger partial charge in [0.15, 0.2) is 5.82 Å². The number of hydrogen-bond acceptors (Lipinski definition) is 5. The summed E-state index contributed by atoms with van der Waals surface area (Å²) in [6, 6.07) is 2.84. The Hall–Kier alpha value is -1.20. The summed E-state index contributed by atoms with van der Waals surface area (Å²) in [6.07, 6.45) is 4.49. The van der Waals surface area contributed by atoms with Gasteiger partial charge in [-0.2, -0.15) is 5.10 Å². The highest BCUT2D eigenvalue weighted by Gasteiger charge is 2.31. The molecule has 2 aliphatic rings. The van der Waals surface area contributed by atoms with Crippen molar-refractivity contribution < 1.29 is 0 Å². The molecule has 2 fully saturated rings. The summed E-state index contributed by atoms with van der Waals surface area (Å²) in [4.78, 5) is 4.91. The van der Waals surface area contributed by atoms with Gasteiger partial charge < -0.3 is 10.6 Å². The standard InChI is InChI=1S/C12H19N5/c13-9-10-3-4-14-15-12(10)17-7-5-16(6-8-17)11-1-2-11/h3-4,11H,1-2,5-9,13H2. The van der Waals surface area contributed by atoms with Crippen LogP contribution < -0.4 is 10.6 Å². The van der Waals surface area contributed by atoms with Gasteiger partial charge in [-0.15, -0.1) is 5.10 Å². The SMILES string of the molecule is NCc1ccnnc1N1CCN(C2CC2)CC1. The first-order chi connectivity index (χ1) is 8.38. The van der Waals surface area contributed by atoms with Crippen molar-refractivity contribution in [2.75, 3.05) is 31.1 Å². The molecule has 0 bridgehead atoms. The van der Waals surface area contributed by atoms with E-state index in [1.54, 1.807) is 6.20 Å². The first-order valence-electron chi connectivity index (χ1n) is 6.38. The topological polar surface area (TPSA) is 58.3 Å². The molecule has 1 aromatic heterocycles. The second-order valence-electron chi connectivity index (χ2n) is 4.84. The highest BCUT2D eigenvalue weighted by molar-refractivity contribution is 5.45. The number of anilines is 1. The lowest BCUT2D eigenvalue weighted by Gasteiger charge is -2.35. The Kier molecular flexibility index (Phi) is 2.94. The average molecular weight is 233 g/mol. The van der Waals surface area contributed by atoms with Gasteiger partial charge in [0.25, 0.3) is 0 Å². The van der Waals surface area contributed by atoms with Gasteiger partial charge in [0, 0.05) is 44.3 Å². The fourth-order valence-electron chi connectivity index (χ4n) is 2.51. The molecule has 2 heterocycles. The molecule has 0 spiro atoms. The Morgan fingerprint density at radius 1 is 1.24 bits per heavy atom. The molecule has 1 saturated carbocycles. The van der Waals surface area contributed by atoms with Gasteiger partial charge in [-0.25, -0.2) is 0 Å². The lowest BCUT2D eigenvalue weighted by Crippen LogP contribution is -2.47. The van der Waals surface area contributed by atoms with Crippen molar-refractivity contribution in [2.45, 2.75) is 25.4 Å². The Balaban J connectivity index is 1.68. The smallest absolute Gasteiger partial charge is 0.155 e. The van der Waals surface area contributed by atoms with Gasteiger partial charge in [0.1, 0.15) is 0 Å². The van der Waals surface area contributed by atoms with E-state index in [0.29, 0.717) is 6.54 Å². The van der Waals surface area contributed by atoms with E-state index in [2.05, 4.69) is 20.0 Å². The maximum absolute atomic E-state index is 5.74. The Morgan fingerprint density at radius 2 is 2.00 bits per heavy atom. The molecule has 5 nitrogen and oxygen atoms in total. The van der Waals surface area contributed by atoms with Crippen LogP contribution >= 0.6 is 0 Å². The first-order valence-corrected chi connectivity index (χ1v) is 6.38.